The molecule has 0 saturated heterocycles. The van der Waals surface area contributed by atoms with Crippen molar-refractivity contribution < 1.29 is 13.2 Å². The van der Waals surface area contributed by atoms with Gasteiger partial charge in [0, 0.05) is 25.4 Å². The third kappa shape index (κ3) is 4.05. The third-order valence-electron chi connectivity index (χ3n) is 4.70. The van der Waals surface area contributed by atoms with E-state index in [1.807, 2.05) is 42.8 Å². The van der Waals surface area contributed by atoms with E-state index in [1.54, 1.807) is 12.3 Å². The van der Waals surface area contributed by atoms with E-state index >= 15 is 0 Å². The van der Waals surface area contributed by atoms with Crippen LogP contribution in [-0.4, -0.2) is 19.5 Å². The number of alkyl halides is 3. The maximum atomic E-state index is 12.9. The Bertz CT molecular complexity index is 1200. The van der Waals surface area contributed by atoms with Crippen LogP contribution in [0, 0.1) is 6.92 Å². The fourth-order valence-corrected chi connectivity index (χ4v) is 3.08. The summed E-state index contributed by atoms with van der Waals surface area (Å²) in [6.07, 6.45) is -2.73. The molecule has 2 heterocycles. The predicted octanol–water partition coefficient (Wildman–Crippen LogP) is 5.05. The van der Waals surface area contributed by atoms with Gasteiger partial charge in [0.05, 0.1) is 16.6 Å². The Morgan fingerprint density at radius 3 is 2.60 bits per heavy atom. The number of aryl methyl sites for hydroxylation is 2. The molecule has 0 bridgehead atoms. The summed E-state index contributed by atoms with van der Waals surface area (Å²) in [5.74, 6) is 1.46. The number of rotatable bonds is 5. The van der Waals surface area contributed by atoms with Gasteiger partial charge in [0.25, 0.3) is 0 Å². The SMILES string of the molecule is Cc1cnc(Nc2nc3ccccc3n2C)nc1NCc1cccc(C(F)(F)F)c1. The fraction of sp³-hybridized carbons (Fsp3) is 0.190. The molecule has 0 amide bonds. The second-order valence-electron chi connectivity index (χ2n) is 6.89. The summed E-state index contributed by atoms with van der Waals surface area (Å²) >= 11 is 0. The van der Waals surface area contributed by atoms with Crippen LogP contribution < -0.4 is 10.6 Å². The molecule has 0 atom stereocenters. The molecule has 0 saturated carbocycles. The van der Waals surface area contributed by atoms with Crippen molar-refractivity contribution in [1.29, 1.82) is 0 Å². The Hall–Kier alpha value is -3.62. The van der Waals surface area contributed by atoms with Gasteiger partial charge in [0.15, 0.2) is 0 Å². The average molecular weight is 412 g/mol. The first-order chi connectivity index (χ1) is 14.3. The predicted molar refractivity (Wildman–Crippen MR) is 110 cm³/mol. The summed E-state index contributed by atoms with van der Waals surface area (Å²) in [6, 6.07) is 12.9. The molecule has 2 N–H and O–H groups in total. The number of nitrogens with one attached hydrogen (secondary N) is 2. The number of hydrogen-bond donors (Lipinski definition) is 2. The minimum Gasteiger partial charge on any atom is -0.366 e. The van der Waals surface area contributed by atoms with Gasteiger partial charge in [-0.05, 0) is 36.8 Å². The first-order valence-electron chi connectivity index (χ1n) is 9.23. The van der Waals surface area contributed by atoms with E-state index < -0.39 is 11.7 Å². The highest BCUT2D eigenvalue weighted by molar-refractivity contribution is 5.79. The number of fused-ring (bicyclic) bond motifs is 1. The van der Waals surface area contributed by atoms with Crippen molar-refractivity contribution >= 4 is 28.7 Å². The van der Waals surface area contributed by atoms with Gasteiger partial charge in [0.1, 0.15) is 5.82 Å². The van der Waals surface area contributed by atoms with Gasteiger partial charge in [-0.25, -0.2) is 9.97 Å². The Morgan fingerprint density at radius 2 is 1.83 bits per heavy atom. The second kappa shape index (κ2) is 7.66. The van der Waals surface area contributed by atoms with Gasteiger partial charge in [-0.1, -0.05) is 24.3 Å². The van der Waals surface area contributed by atoms with Crippen LogP contribution in [0.4, 0.5) is 30.9 Å². The summed E-state index contributed by atoms with van der Waals surface area (Å²) in [7, 11) is 1.89. The van der Waals surface area contributed by atoms with E-state index in [4.69, 9.17) is 0 Å². The molecule has 0 aliphatic heterocycles. The molecule has 0 aliphatic carbocycles. The van der Waals surface area contributed by atoms with E-state index in [-0.39, 0.29) is 6.54 Å². The summed E-state index contributed by atoms with van der Waals surface area (Å²) in [6.45, 7) is 2.03. The summed E-state index contributed by atoms with van der Waals surface area (Å²) < 4.78 is 40.6. The zero-order chi connectivity index (χ0) is 21.3. The smallest absolute Gasteiger partial charge is 0.366 e. The van der Waals surface area contributed by atoms with E-state index in [9.17, 15) is 13.2 Å². The molecular weight excluding hydrogens is 393 g/mol. The van der Waals surface area contributed by atoms with Crippen molar-refractivity contribution in [2.45, 2.75) is 19.6 Å². The van der Waals surface area contributed by atoms with Crippen molar-refractivity contribution in [3.63, 3.8) is 0 Å². The molecule has 0 aliphatic rings. The third-order valence-corrected chi connectivity index (χ3v) is 4.70. The molecule has 4 aromatic rings. The lowest BCUT2D eigenvalue weighted by atomic mass is 10.1. The summed E-state index contributed by atoms with van der Waals surface area (Å²) in [4.78, 5) is 13.3. The standard InChI is InChI=1S/C21H19F3N6/c1-13-11-26-19(29-20-27-16-8-3-4-9-17(16)30(20)2)28-18(13)25-12-14-6-5-7-15(10-14)21(22,23)24/h3-11H,12H2,1-2H3,(H2,25,26,27,28,29). The average Bonchev–Trinajstić information content (AvgIpc) is 3.03. The highest BCUT2D eigenvalue weighted by Crippen LogP contribution is 2.29. The van der Waals surface area contributed by atoms with Crippen LogP contribution in [0.1, 0.15) is 16.7 Å². The molecule has 9 heteroatoms. The van der Waals surface area contributed by atoms with Gasteiger partial charge < -0.3 is 9.88 Å². The number of aromatic nitrogens is 4. The molecule has 0 unspecified atom stereocenters. The van der Waals surface area contributed by atoms with Crippen molar-refractivity contribution in [2.75, 3.05) is 10.6 Å². The van der Waals surface area contributed by atoms with E-state index in [2.05, 4.69) is 25.6 Å². The minimum absolute atomic E-state index is 0.202. The van der Waals surface area contributed by atoms with Crippen LogP contribution in [0.2, 0.25) is 0 Å². The van der Waals surface area contributed by atoms with Crippen molar-refractivity contribution in [3.05, 3.63) is 71.4 Å². The van der Waals surface area contributed by atoms with Crippen LogP contribution in [0.15, 0.2) is 54.7 Å². The monoisotopic (exact) mass is 412 g/mol. The lowest BCUT2D eigenvalue weighted by Gasteiger charge is -2.12. The zero-order valence-corrected chi connectivity index (χ0v) is 16.3. The molecule has 4 rings (SSSR count). The van der Waals surface area contributed by atoms with Gasteiger partial charge in [-0.15, -0.1) is 0 Å². The number of anilines is 3. The quantitative estimate of drug-likeness (QED) is 0.480. The van der Waals surface area contributed by atoms with Gasteiger partial charge in [0.2, 0.25) is 11.9 Å². The topological polar surface area (TPSA) is 67.7 Å². The Morgan fingerprint density at radius 1 is 1.03 bits per heavy atom. The van der Waals surface area contributed by atoms with Crippen LogP contribution in [-0.2, 0) is 19.8 Å². The number of nitrogens with zero attached hydrogens (tertiary/aromatic N) is 4. The molecule has 154 valence electrons. The van der Waals surface area contributed by atoms with Gasteiger partial charge in [-0.2, -0.15) is 18.2 Å². The molecule has 2 aromatic heterocycles. The van der Waals surface area contributed by atoms with Crippen LogP contribution >= 0.6 is 0 Å². The van der Waals surface area contributed by atoms with Crippen LogP contribution in [0.5, 0.6) is 0 Å². The van der Waals surface area contributed by atoms with E-state index in [1.165, 1.54) is 6.07 Å². The first kappa shape index (κ1) is 19.7. The molecule has 30 heavy (non-hydrogen) atoms. The lowest BCUT2D eigenvalue weighted by molar-refractivity contribution is -0.137. The minimum atomic E-state index is -4.37. The highest BCUT2D eigenvalue weighted by atomic mass is 19.4. The molecule has 0 spiro atoms. The van der Waals surface area contributed by atoms with Crippen molar-refractivity contribution in [2.24, 2.45) is 7.05 Å². The number of halogens is 3. The molecule has 6 nitrogen and oxygen atoms in total. The maximum Gasteiger partial charge on any atom is 0.416 e. The zero-order valence-electron chi connectivity index (χ0n) is 16.3. The van der Waals surface area contributed by atoms with Crippen molar-refractivity contribution in [1.82, 2.24) is 19.5 Å². The van der Waals surface area contributed by atoms with E-state index in [0.717, 1.165) is 28.7 Å². The van der Waals surface area contributed by atoms with Crippen molar-refractivity contribution in [3.8, 4) is 0 Å². The van der Waals surface area contributed by atoms with E-state index in [0.29, 0.717) is 23.3 Å². The Balaban J connectivity index is 1.53. The number of hydrogen-bond acceptors (Lipinski definition) is 5. The summed E-state index contributed by atoms with van der Waals surface area (Å²) in [5.41, 5.74) is 2.42. The molecular formula is C21H19F3N6. The molecule has 0 fully saturated rings. The number of para-hydroxylation sites is 2. The normalized spacial score (nSPS) is 11.6. The number of benzene rings is 2. The fourth-order valence-electron chi connectivity index (χ4n) is 3.08. The largest absolute Gasteiger partial charge is 0.416 e. The Kier molecular flexibility index (Phi) is 5.03. The van der Waals surface area contributed by atoms with Gasteiger partial charge in [-0.3, -0.25) is 5.32 Å². The van der Waals surface area contributed by atoms with Crippen LogP contribution in [0.3, 0.4) is 0 Å². The van der Waals surface area contributed by atoms with Crippen LogP contribution in [0.25, 0.3) is 11.0 Å². The maximum absolute atomic E-state index is 12.9. The second-order valence-corrected chi connectivity index (χ2v) is 6.89. The Labute approximate surface area is 170 Å². The lowest BCUT2D eigenvalue weighted by Crippen LogP contribution is -2.09. The highest BCUT2D eigenvalue weighted by Gasteiger charge is 2.30. The summed E-state index contributed by atoms with van der Waals surface area (Å²) in [5, 5.41) is 6.19. The van der Waals surface area contributed by atoms with Gasteiger partial charge >= 0.3 is 6.18 Å². The molecule has 2 aromatic carbocycles. The number of imidazole rings is 1. The first-order valence-corrected chi connectivity index (χ1v) is 9.23. The molecule has 0 radical (unpaired) electrons.